The van der Waals surface area contributed by atoms with E-state index in [0.717, 1.165) is 11.3 Å². The number of nitrogens with one attached hydrogen (secondary N) is 1. The Morgan fingerprint density at radius 3 is 2.43 bits per heavy atom. The molecule has 0 saturated heterocycles. The monoisotopic (exact) mass is 381 g/mol. The van der Waals surface area contributed by atoms with Crippen LogP contribution in [0.25, 0.3) is 5.69 Å². The molecular formula is C20H23N5O3. The van der Waals surface area contributed by atoms with Crippen molar-refractivity contribution < 1.29 is 14.3 Å². The number of tetrazole rings is 1. The highest BCUT2D eigenvalue weighted by molar-refractivity contribution is 5.94. The van der Waals surface area contributed by atoms with Crippen LogP contribution in [0.1, 0.15) is 42.7 Å². The first-order chi connectivity index (χ1) is 13.6. The number of benzene rings is 2. The lowest BCUT2D eigenvalue weighted by Gasteiger charge is -2.17. The number of carbonyl (C=O) groups excluding carboxylic acids is 1. The lowest BCUT2D eigenvalue weighted by Crippen LogP contribution is -2.26. The van der Waals surface area contributed by atoms with Crippen LogP contribution in [-0.2, 0) is 0 Å². The summed E-state index contributed by atoms with van der Waals surface area (Å²) in [6.07, 6.45) is 1.50. The first-order valence-electron chi connectivity index (χ1n) is 9.16. The van der Waals surface area contributed by atoms with Gasteiger partial charge in [0.25, 0.3) is 5.91 Å². The molecule has 1 unspecified atom stereocenters. The number of rotatable bonds is 8. The van der Waals surface area contributed by atoms with Crippen molar-refractivity contribution in [3.63, 3.8) is 0 Å². The molecule has 8 heteroatoms. The smallest absolute Gasteiger partial charge is 0.251 e. The molecular weight excluding hydrogens is 358 g/mol. The standard InChI is InChI=1S/C20H23N5O3/c1-4-27-18-11-8-16(12-19(18)28-5-2)14(3)22-20(26)15-6-9-17(10-7-15)25-13-21-23-24-25/h6-14H,4-5H2,1-3H3,(H,22,26). The molecule has 0 aliphatic rings. The van der Waals surface area contributed by atoms with Crippen LogP contribution in [0.3, 0.4) is 0 Å². The molecule has 2 aromatic carbocycles. The van der Waals surface area contributed by atoms with Crippen molar-refractivity contribution in [1.29, 1.82) is 0 Å². The van der Waals surface area contributed by atoms with Gasteiger partial charge in [0, 0.05) is 5.56 Å². The quantitative estimate of drug-likeness (QED) is 0.645. The Kier molecular flexibility index (Phi) is 6.21. The topological polar surface area (TPSA) is 91.2 Å². The second kappa shape index (κ2) is 8.98. The molecule has 1 amide bonds. The van der Waals surface area contributed by atoms with Crippen molar-refractivity contribution in [3.05, 3.63) is 59.9 Å². The third kappa shape index (κ3) is 4.46. The first-order valence-corrected chi connectivity index (χ1v) is 9.16. The maximum absolute atomic E-state index is 12.6. The Morgan fingerprint density at radius 2 is 1.79 bits per heavy atom. The van der Waals surface area contributed by atoms with Gasteiger partial charge in [0.2, 0.25) is 0 Å². The van der Waals surface area contributed by atoms with E-state index in [1.54, 1.807) is 24.3 Å². The van der Waals surface area contributed by atoms with Gasteiger partial charge in [0.15, 0.2) is 11.5 Å². The van der Waals surface area contributed by atoms with Crippen molar-refractivity contribution in [2.24, 2.45) is 0 Å². The maximum atomic E-state index is 12.6. The predicted molar refractivity (Wildman–Crippen MR) is 104 cm³/mol. The summed E-state index contributed by atoms with van der Waals surface area (Å²) < 4.78 is 12.8. The normalized spacial score (nSPS) is 11.7. The molecule has 0 radical (unpaired) electrons. The van der Waals surface area contributed by atoms with E-state index >= 15 is 0 Å². The van der Waals surface area contributed by atoms with Crippen LogP contribution in [0.15, 0.2) is 48.8 Å². The molecule has 0 saturated carbocycles. The Bertz CT molecular complexity index is 910. The fourth-order valence-electron chi connectivity index (χ4n) is 2.75. The summed E-state index contributed by atoms with van der Waals surface area (Å²) >= 11 is 0. The van der Waals surface area contributed by atoms with E-state index < -0.39 is 0 Å². The summed E-state index contributed by atoms with van der Waals surface area (Å²) in [6, 6.07) is 12.6. The van der Waals surface area contributed by atoms with E-state index in [0.29, 0.717) is 30.3 Å². The van der Waals surface area contributed by atoms with Crippen LogP contribution in [0, 0.1) is 0 Å². The van der Waals surface area contributed by atoms with E-state index in [1.807, 2.05) is 39.0 Å². The molecule has 146 valence electrons. The fourth-order valence-corrected chi connectivity index (χ4v) is 2.75. The Hall–Kier alpha value is -3.42. The van der Waals surface area contributed by atoms with Crippen LogP contribution in [0.5, 0.6) is 11.5 Å². The molecule has 1 heterocycles. The van der Waals surface area contributed by atoms with Gasteiger partial charge in [-0.1, -0.05) is 6.07 Å². The number of amides is 1. The lowest BCUT2D eigenvalue weighted by atomic mass is 10.1. The summed E-state index contributed by atoms with van der Waals surface area (Å²) in [7, 11) is 0. The zero-order chi connectivity index (χ0) is 19.9. The summed E-state index contributed by atoms with van der Waals surface area (Å²) in [5.41, 5.74) is 2.27. The van der Waals surface area contributed by atoms with E-state index in [9.17, 15) is 4.79 Å². The van der Waals surface area contributed by atoms with E-state index in [-0.39, 0.29) is 11.9 Å². The third-order valence-corrected chi connectivity index (χ3v) is 4.16. The number of hydrogen-bond donors (Lipinski definition) is 1. The molecule has 1 N–H and O–H groups in total. The van der Waals surface area contributed by atoms with Gasteiger partial charge in [-0.15, -0.1) is 5.10 Å². The third-order valence-electron chi connectivity index (χ3n) is 4.16. The molecule has 0 aliphatic carbocycles. The fraction of sp³-hybridized carbons (Fsp3) is 0.300. The number of aromatic nitrogens is 4. The van der Waals surface area contributed by atoms with Crippen molar-refractivity contribution in [2.45, 2.75) is 26.8 Å². The summed E-state index contributed by atoms with van der Waals surface area (Å²) in [5, 5.41) is 14.0. The molecule has 3 rings (SSSR count). The molecule has 0 bridgehead atoms. The highest BCUT2D eigenvalue weighted by atomic mass is 16.5. The molecule has 3 aromatic rings. The van der Waals surface area contributed by atoms with Crippen LogP contribution >= 0.6 is 0 Å². The van der Waals surface area contributed by atoms with Crippen molar-refractivity contribution in [1.82, 2.24) is 25.5 Å². The minimum absolute atomic E-state index is 0.164. The van der Waals surface area contributed by atoms with Gasteiger partial charge in [0.1, 0.15) is 6.33 Å². The zero-order valence-corrected chi connectivity index (χ0v) is 16.1. The average molecular weight is 381 g/mol. The van der Waals surface area contributed by atoms with Crippen molar-refractivity contribution >= 4 is 5.91 Å². The van der Waals surface area contributed by atoms with E-state index in [1.165, 1.54) is 11.0 Å². The highest BCUT2D eigenvalue weighted by Gasteiger charge is 2.14. The van der Waals surface area contributed by atoms with Crippen LogP contribution < -0.4 is 14.8 Å². The number of hydrogen-bond acceptors (Lipinski definition) is 6. The van der Waals surface area contributed by atoms with Crippen LogP contribution in [0.2, 0.25) is 0 Å². The van der Waals surface area contributed by atoms with Gasteiger partial charge in [-0.3, -0.25) is 4.79 Å². The Balaban J connectivity index is 1.70. The molecule has 1 atom stereocenters. The first kappa shape index (κ1) is 19.3. The van der Waals surface area contributed by atoms with Gasteiger partial charge in [-0.25, -0.2) is 4.68 Å². The molecule has 0 spiro atoms. The van der Waals surface area contributed by atoms with Crippen LogP contribution in [0.4, 0.5) is 0 Å². The number of nitrogens with zero attached hydrogens (tertiary/aromatic N) is 4. The summed E-state index contributed by atoms with van der Waals surface area (Å²) in [4.78, 5) is 12.6. The van der Waals surface area contributed by atoms with Gasteiger partial charge in [-0.05, 0) is 73.2 Å². The highest BCUT2D eigenvalue weighted by Crippen LogP contribution is 2.30. The number of carbonyl (C=O) groups is 1. The predicted octanol–water partition coefficient (Wildman–Crippen LogP) is 2.95. The SMILES string of the molecule is CCOc1ccc(C(C)NC(=O)c2ccc(-n3cnnn3)cc2)cc1OCC. The Morgan fingerprint density at radius 1 is 1.07 bits per heavy atom. The zero-order valence-electron chi connectivity index (χ0n) is 16.1. The molecule has 8 nitrogen and oxygen atoms in total. The van der Waals surface area contributed by atoms with Crippen molar-refractivity contribution in [2.75, 3.05) is 13.2 Å². The minimum atomic E-state index is -0.193. The van der Waals surface area contributed by atoms with Gasteiger partial charge >= 0.3 is 0 Å². The molecule has 0 fully saturated rings. The second-order valence-corrected chi connectivity index (χ2v) is 6.07. The maximum Gasteiger partial charge on any atom is 0.251 e. The average Bonchev–Trinajstić information content (AvgIpc) is 3.24. The van der Waals surface area contributed by atoms with Crippen LogP contribution in [-0.4, -0.2) is 39.3 Å². The van der Waals surface area contributed by atoms with Crippen molar-refractivity contribution in [3.8, 4) is 17.2 Å². The second-order valence-electron chi connectivity index (χ2n) is 6.07. The lowest BCUT2D eigenvalue weighted by molar-refractivity contribution is 0.0940. The molecule has 0 aliphatic heterocycles. The minimum Gasteiger partial charge on any atom is -0.490 e. The largest absolute Gasteiger partial charge is 0.490 e. The Labute approximate surface area is 163 Å². The van der Waals surface area contributed by atoms with E-state index in [2.05, 4.69) is 20.8 Å². The molecule has 1 aromatic heterocycles. The van der Waals surface area contributed by atoms with Gasteiger partial charge < -0.3 is 14.8 Å². The van der Waals surface area contributed by atoms with Gasteiger partial charge in [-0.2, -0.15) is 0 Å². The number of ether oxygens (including phenoxy) is 2. The summed E-state index contributed by atoms with van der Waals surface area (Å²) in [5.74, 6) is 1.21. The molecule has 28 heavy (non-hydrogen) atoms. The van der Waals surface area contributed by atoms with E-state index in [4.69, 9.17) is 9.47 Å². The van der Waals surface area contributed by atoms with Gasteiger partial charge in [0.05, 0.1) is 24.9 Å². The summed E-state index contributed by atoms with van der Waals surface area (Å²) in [6.45, 7) is 6.88.